The summed E-state index contributed by atoms with van der Waals surface area (Å²) in [6.45, 7) is 17.8. The summed E-state index contributed by atoms with van der Waals surface area (Å²) in [5.74, 6) is -4.06. The highest BCUT2D eigenvalue weighted by Crippen LogP contribution is 2.40. The van der Waals surface area contributed by atoms with Gasteiger partial charge in [0.05, 0.1) is 36.5 Å². The average Bonchev–Trinajstić information content (AvgIpc) is 3.80. The van der Waals surface area contributed by atoms with Crippen molar-refractivity contribution in [1.82, 2.24) is 30.1 Å². The molecule has 0 bridgehead atoms. The standard InChI is InChI=1S/C47H75N7O11/c1-13-37-47(9)41(54(44(59)65-47)20-15-14-19-53-27-34(50-51-53)31-17-16-18-32(48)22-31)30(4)49-26-28(2)25-46(8,60-12)38(63-43-40(57)35(52(10)11)21-29(3)61-43)24-36(55)33(42(58)62-37)23-39(56)64-45(5,6)7/h16-18,22,27-30,33,35,37-38,40-41,43,49,57H,13-15,19-21,23-26,48H2,1-12H3/t28-,29?,30-,33-,35?,37-,38-,40?,41-,43+,46-,47-/m1/s1. The lowest BCUT2D eigenvalue weighted by molar-refractivity contribution is -0.289. The van der Waals surface area contributed by atoms with Crippen LogP contribution in [-0.4, -0.2) is 154 Å². The number of nitrogens with one attached hydrogen (secondary N) is 1. The maximum atomic E-state index is 14.7. The molecule has 0 aliphatic carbocycles. The number of benzene rings is 1. The second kappa shape index (κ2) is 21.6. The zero-order valence-corrected chi connectivity index (χ0v) is 40.6. The van der Waals surface area contributed by atoms with Gasteiger partial charge in [0.15, 0.2) is 11.9 Å². The molecule has 4 N–H and O–H groups in total. The van der Waals surface area contributed by atoms with Gasteiger partial charge in [-0.3, -0.25) is 24.0 Å². The number of nitrogens with two attached hydrogens (primary N) is 1. The molecule has 18 heteroatoms. The number of likely N-dealkylation sites (N-methyl/N-ethyl adjacent to an activating group) is 1. The average molecular weight is 914 g/mol. The molecule has 364 valence electrons. The van der Waals surface area contributed by atoms with E-state index < -0.39 is 83.6 Å². The molecule has 3 saturated heterocycles. The van der Waals surface area contributed by atoms with Crippen LogP contribution in [0.5, 0.6) is 0 Å². The van der Waals surface area contributed by atoms with Crippen LogP contribution in [0, 0.1) is 11.8 Å². The zero-order chi connectivity index (χ0) is 48.0. The van der Waals surface area contributed by atoms with E-state index in [0.29, 0.717) is 56.7 Å². The number of rotatable bonds is 13. The van der Waals surface area contributed by atoms with Crippen molar-refractivity contribution in [2.75, 3.05) is 40.0 Å². The van der Waals surface area contributed by atoms with Crippen LogP contribution in [0.25, 0.3) is 11.3 Å². The molecule has 0 radical (unpaired) electrons. The Kier molecular flexibility index (Phi) is 17.2. The number of unbranched alkanes of at least 4 members (excludes halogenated alkanes) is 1. The number of Topliss-reactive ketones (excluding diaryl/α,β-unsaturated/α-hetero) is 1. The van der Waals surface area contributed by atoms with Crippen molar-refractivity contribution in [3.63, 3.8) is 0 Å². The molecule has 4 heterocycles. The van der Waals surface area contributed by atoms with E-state index in [0.717, 1.165) is 5.56 Å². The number of carbonyl (C=O) groups is 4. The van der Waals surface area contributed by atoms with Crippen molar-refractivity contribution in [3.05, 3.63) is 30.5 Å². The number of aromatic nitrogens is 3. The van der Waals surface area contributed by atoms with E-state index in [1.807, 2.05) is 84.1 Å². The first-order valence-corrected chi connectivity index (χ1v) is 23.1. The summed E-state index contributed by atoms with van der Waals surface area (Å²) in [4.78, 5) is 60.4. The largest absolute Gasteiger partial charge is 0.460 e. The fourth-order valence-electron chi connectivity index (χ4n) is 9.64. The number of aryl methyl sites for hydroxylation is 1. The number of esters is 2. The van der Waals surface area contributed by atoms with Crippen molar-refractivity contribution in [3.8, 4) is 11.3 Å². The Balaban J connectivity index is 1.45. The summed E-state index contributed by atoms with van der Waals surface area (Å²) in [7, 11) is 5.28. The predicted molar refractivity (Wildman–Crippen MR) is 242 cm³/mol. The van der Waals surface area contributed by atoms with Crippen molar-refractivity contribution < 1.29 is 52.7 Å². The Bertz CT molecular complexity index is 1940. The van der Waals surface area contributed by atoms with Gasteiger partial charge in [-0.1, -0.05) is 31.2 Å². The number of ketones is 1. The van der Waals surface area contributed by atoms with Crippen LogP contribution in [0.3, 0.4) is 0 Å². The summed E-state index contributed by atoms with van der Waals surface area (Å²) >= 11 is 0. The van der Waals surface area contributed by atoms with Crippen LogP contribution in [0.2, 0.25) is 0 Å². The summed E-state index contributed by atoms with van der Waals surface area (Å²) < 4.78 is 38.9. The van der Waals surface area contributed by atoms with E-state index in [2.05, 4.69) is 15.6 Å². The van der Waals surface area contributed by atoms with Gasteiger partial charge < -0.3 is 49.5 Å². The lowest BCUT2D eigenvalue weighted by atomic mass is 9.83. The molecule has 3 aliphatic rings. The molecule has 3 unspecified atom stereocenters. The number of carbonyl (C=O) groups excluding carboxylic acids is 4. The minimum absolute atomic E-state index is 0.0885. The van der Waals surface area contributed by atoms with Gasteiger partial charge in [-0.25, -0.2) is 4.79 Å². The van der Waals surface area contributed by atoms with E-state index in [1.54, 1.807) is 37.3 Å². The topological polar surface area (TPSA) is 219 Å². The van der Waals surface area contributed by atoms with E-state index in [1.165, 1.54) is 7.11 Å². The van der Waals surface area contributed by atoms with E-state index in [-0.39, 0.29) is 36.9 Å². The number of ether oxygens (including phenoxy) is 6. The van der Waals surface area contributed by atoms with Crippen LogP contribution in [0.1, 0.15) is 107 Å². The highest BCUT2D eigenvalue weighted by Gasteiger charge is 2.58. The Labute approximate surface area is 384 Å². The molecule has 0 spiro atoms. The minimum Gasteiger partial charge on any atom is -0.460 e. The molecular formula is C47H75N7O11. The molecule has 18 nitrogen and oxygen atoms in total. The number of amides is 1. The van der Waals surface area contributed by atoms with Gasteiger partial charge in [-0.05, 0) is 119 Å². The third kappa shape index (κ3) is 12.8. The van der Waals surface area contributed by atoms with E-state index >= 15 is 0 Å². The quantitative estimate of drug-likeness (QED) is 0.0812. The first-order chi connectivity index (χ1) is 30.5. The molecule has 2 aromatic rings. The fourth-order valence-corrected chi connectivity index (χ4v) is 9.64. The number of aliphatic hydroxyl groups excluding tert-OH is 1. The second-order valence-corrected chi connectivity index (χ2v) is 20.0. The molecule has 3 fully saturated rings. The lowest BCUT2D eigenvalue weighted by Crippen LogP contribution is -2.61. The number of fused-ring (bicyclic) bond motifs is 1. The van der Waals surface area contributed by atoms with Crippen LogP contribution in [-0.2, 0) is 49.3 Å². The number of anilines is 1. The Hall–Kier alpha value is -4.20. The fraction of sp³-hybridized carbons (Fsp3) is 0.745. The summed E-state index contributed by atoms with van der Waals surface area (Å²) in [6, 6.07) is 6.16. The molecular weight excluding hydrogens is 839 g/mol. The molecule has 12 atom stereocenters. The third-order valence-electron chi connectivity index (χ3n) is 13.1. The summed E-state index contributed by atoms with van der Waals surface area (Å²) in [5, 5.41) is 23.8. The number of cyclic esters (lactones) is 1. The molecule has 5 rings (SSSR count). The molecule has 1 amide bonds. The number of hydrogen-bond donors (Lipinski definition) is 3. The normalized spacial score (nSPS) is 33.2. The SMILES string of the molecule is CC[C@H]1OC(=O)[C@H](CC(=O)OC(C)(C)C)C(=O)C[C@@H](O[C@@H]2OC(C)CC(N(C)C)C2O)[C@](C)(OC)C[C@@H](C)CN[C@H](C)[C@H]2N(CCCCn3cc(-c4cccc(N)c4)nn3)C(=O)O[C@]12C. The minimum atomic E-state index is -1.61. The van der Waals surface area contributed by atoms with Gasteiger partial charge in [-0.15, -0.1) is 5.10 Å². The van der Waals surface area contributed by atoms with Crippen LogP contribution >= 0.6 is 0 Å². The van der Waals surface area contributed by atoms with Gasteiger partial charge in [0.1, 0.15) is 35.2 Å². The highest BCUT2D eigenvalue weighted by atomic mass is 16.7. The first-order valence-electron chi connectivity index (χ1n) is 23.1. The molecule has 1 aromatic carbocycles. The Morgan fingerprint density at radius 2 is 1.82 bits per heavy atom. The molecule has 1 aromatic heterocycles. The van der Waals surface area contributed by atoms with Gasteiger partial charge >= 0.3 is 18.0 Å². The van der Waals surface area contributed by atoms with Crippen molar-refractivity contribution in [2.45, 2.75) is 179 Å². The number of hydrogen-bond acceptors (Lipinski definition) is 16. The van der Waals surface area contributed by atoms with Gasteiger partial charge in [0.25, 0.3) is 0 Å². The summed E-state index contributed by atoms with van der Waals surface area (Å²) in [5.41, 5.74) is 4.75. The Morgan fingerprint density at radius 3 is 2.46 bits per heavy atom. The van der Waals surface area contributed by atoms with Crippen molar-refractivity contribution in [1.29, 1.82) is 0 Å². The molecule has 3 aliphatic heterocycles. The number of methoxy groups -OCH3 is 1. The number of nitrogen functional groups attached to an aromatic ring is 1. The predicted octanol–water partition coefficient (Wildman–Crippen LogP) is 4.75. The van der Waals surface area contributed by atoms with Crippen molar-refractivity contribution in [2.24, 2.45) is 11.8 Å². The molecule has 65 heavy (non-hydrogen) atoms. The van der Waals surface area contributed by atoms with Crippen LogP contribution < -0.4 is 11.1 Å². The molecule has 0 saturated carbocycles. The number of aliphatic hydroxyl groups is 1. The van der Waals surface area contributed by atoms with Gasteiger partial charge in [0.2, 0.25) is 0 Å². The van der Waals surface area contributed by atoms with E-state index in [4.69, 9.17) is 34.2 Å². The second-order valence-electron chi connectivity index (χ2n) is 20.0. The Morgan fingerprint density at radius 1 is 1.11 bits per heavy atom. The summed E-state index contributed by atoms with van der Waals surface area (Å²) in [6.07, 6.45) is -1.76. The maximum absolute atomic E-state index is 14.7. The number of nitrogens with zero attached hydrogens (tertiary/aromatic N) is 5. The van der Waals surface area contributed by atoms with Crippen molar-refractivity contribution >= 4 is 29.5 Å². The zero-order valence-electron chi connectivity index (χ0n) is 40.6. The third-order valence-corrected chi connectivity index (χ3v) is 13.1. The first kappa shape index (κ1) is 51.8. The van der Waals surface area contributed by atoms with E-state index in [9.17, 15) is 24.3 Å². The highest BCUT2D eigenvalue weighted by molar-refractivity contribution is 6.02. The smallest absolute Gasteiger partial charge is 0.410 e. The van der Waals surface area contributed by atoms with Crippen LogP contribution in [0.4, 0.5) is 10.5 Å². The lowest BCUT2D eigenvalue weighted by Gasteiger charge is -2.45. The van der Waals surface area contributed by atoms with Gasteiger partial charge in [-0.2, -0.15) is 0 Å². The maximum Gasteiger partial charge on any atom is 0.410 e. The van der Waals surface area contributed by atoms with Gasteiger partial charge in [0, 0.05) is 50.0 Å². The monoisotopic (exact) mass is 914 g/mol. The van der Waals surface area contributed by atoms with Crippen LogP contribution in [0.15, 0.2) is 30.5 Å².